The van der Waals surface area contributed by atoms with E-state index in [1.165, 1.54) is 11.1 Å². The van der Waals surface area contributed by atoms with Gasteiger partial charge in [0, 0.05) is 18.4 Å². The predicted molar refractivity (Wildman–Crippen MR) is 111 cm³/mol. The van der Waals surface area contributed by atoms with E-state index >= 15 is 0 Å². The van der Waals surface area contributed by atoms with Gasteiger partial charge in [0.1, 0.15) is 0 Å². The topological polar surface area (TPSA) is 30.7 Å². The number of thioether (sulfide) groups is 1. The van der Waals surface area contributed by atoms with Crippen LogP contribution >= 0.6 is 11.8 Å². The maximum atomic E-state index is 4.38. The van der Waals surface area contributed by atoms with Crippen molar-refractivity contribution in [2.24, 2.45) is 7.05 Å². The molecule has 0 unspecified atom stereocenters. The van der Waals surface area contributed by atoms with E-state index in [-0.39, 0.29) is 5.41 Å². The highest BCUT2D eigenvalue weighted by atomic mass is 32.2. The summed E-state index contributed by atoms with van der Waals surface area (Å²) in [6, 6.07) is 19.0. The summed E-state index contributed by atoms with van der Waals surface area (Å²) in [5.41, 5.74) is 3.79. The molecular formula is C22H25N3S. The van der Waals surface area contributed by atoms with E-state index in [2.05, 4.69) is 84.1 Å². The van der Waals surface area contributed by atoms with Gasteiger partial charge in [0.2, 0.25) is 0 Å². The maximum Gasteiger partial charge on any atom is 0.191 e. The molecule has 0 N–H and O–H groups in total. The van der Waals surface area contributed by atoms with Gasteiger partial charge in [-0.1, -0.05) is 99.3 Å². The molecule has 2 aromatic carbocycles. The van der Waals surface area contributed by atoms with Gasteiger partial charge in [-0.3, -0.25) is 0 Å². The standard InChI is InChI=1S/C22H25N3S/c1-22(2,3)19-14-12-18(13-15-19)20-23-24-21(25(20)4)26-16-8-11-17-9-6-5-7-10-17/h5-15H,16H2,1-4H3/b11-8+. The van der Waals surface area contributed by atoms with E-state index in [9.17, 15) is 0 Å². The normalized spacial score (nSPS) is 12.0. The van der Waals surface area contributed by atoms with E-state index in [4.69, 9.17) is 0 Å². The van der Waals surface area contributed by atoms with E-state index < -0.39 is 0 Å². The molecule has 0 bridgehead atoms. The van der Waals surface area contributed by atoms with Crippen LogP contribution in [-0.4, -0.2) is 20.5 Å². The second-order valence-electron chi connectivity index (χ2n) is 7.32. The van der Waals surface area contributed by atoms with E-state index in [0.717, 1.165) is 22.3 Å². The molecule has 0 radical (unpaired) electrons. The monoisotopic (exact) mass is 363 g/mol. The van der Waals surface area contributed by atoms with Crippen molar-refractivity contribution in [2.75, 3.05) is 5.75 Å². The fraction of sp³-hybridized carbons (Fsp3) is 0.273. The second kappa shape index (κ2) is 7.92. The minimum Gasteiger partial charge on any atom is -0.305 e. The first-order valence-corrected chi connectivity index (χ1v) is 9.78. The van der Waals surface area contributed by atoms with Crippen molar-refractivity contribution in [3.8, 4) is 11.4 Å². The Labute approximate surface area is 160 Å². The highest BCUT2D eigenvalue weighted by molar-refractivity contribution is 7.99. The van der Waals surface area contributed by atoms with Crippen LogP contribution in [0.15, 0.2) is 65.8 Å². The molecule has 0 amide bonds. The summed E-state index contributed by atoms with van der Waals surface area (Å²) in [5, 5.41) is 9.66. The van der Waals surface area contributed by atoms with E-state index in [1.54, 1.807) is 11.8 Å². The summed E-state index contributed by atoms with van der Waals surface area (Å²) in [4.78, 5) is 0. The number of hydrogen-bond donors (Lipinski definition) is 0. The summed E-state index contributed by atoms with van der Waals surface area (Å²) in [5.74, 6) is 1.77. The molecule has 0 aliphatic rings. The SMILES string of the molecule is Cn1c(SC/C=C/c2ccccc2)nnc1-c1ccc(C(C)(C)C)cc1. The Morgan fingerprint density at radius 2 is 1.65 bits per heavy atom. The van der Waals surface area contributed by atoms with Crippen LogP contribution in [0.1, 0.15) is 31.9 Å². The largest absolute Gasteiger partial charge is 0.305 e. The van der Waals surface area contributed by atoms with Crippen molar-refractivity contribution < 1.29 is 0 Å². The van der Waals surface area contributed by atoms with Crippen molar-refractivity contribution in [1.29, 1.82) is 0 Å². The fourth-order valence-electron chi connectivity index (χ4n) is 2.68. The lowest BCUT2D eigenvalue weighted by molar-refractivity contribution is 0.590. The molecule has 26 heavy (non-hydrogen) atoms. The van der Waals surface area contributed by atoms with Crippen molar-refractivity contribution in [3.63, 3.8) is 0 Å². The number of benzene rings is 2. The Morgan fingerprint density at radius 1 is 0.962 bits per heavy atom. The van der Waals surface area contributed by atoms with Crippen LogP contribution in [0.5, 0.6) is 0 Å². The van der Waals surface area contributed by atoms with Gasteiger partial charge in [0.15, 0.2) is 11.0 Å². The Morgan fingerprint density at radius 3 is 2.31 bits per heavy atom. The van der Waals surface area contributed by atoms with Crippen LogP contribution in [-0.2, 0) is 12.5 Å². The van der Waals surface area contributed by atoms with Gasteiger partial charge in [0.25, 0.3) is 0 Å². The third kappa shape index (κ3) is 4.44. The van der Waals surface area contributed by atoms with E-state index in [1.807, 2.05) is 25.2 Å². The Kier molecular flexibility index (Phi) is 5.62. The molecule has 0 atom stereocenters. The second-order valence-corrected chi connectivity index (χ2v) is 8.30. The number of aromatic nitrogens is 3. The summed E-state index contributed by atoms with van der Waals surface area (Å²) in [6.07, 6.45) is 4.29. The van der Waals surface area contributed by atoms with Gasteiger partial charge >= 0.3 is 0 Å². The van der Waals surface area contributed by atoms with Crippen molar-refractivity contribution in [2.45, 2.75) is 31.3 Å². The van der Waals surface area contributed by atoms with Crippen molar-refractivity contribution in [3.05, 3.63) is 71.8 Å². The molecule has 1 heterocycles. The Hall–Kier alpha value is -2.33. The van der Waals surface area contributed by atoms with Gasteiger partial charge in [0.05, 0.1) is 0 Å². The first-order chi connectivity index (χ1) is 12.4. The van der Waals surface area contributed by atoms with Crippen molar-refractivity contribution >= 4 is 17.8 Å². The summed E-state index contributed by atoms with van der Waals surface area (Å²) in [6.45, 7) is 6.67. The molecule has 0 aliphatic carbocycles. The van der Waals surface area contributed by atoms with Gasteiger partial charge in [-0.25, -0.2) is 0 Å². The Balaban J connectivity index is 1.67. The Bertz CT molecular complexity index is 872. The third-order valence-corrected chi connectivity index (χ3v) is 5.24. The fourth-order valence-corrected chi connectivity index (χ4v) is 3.40. The molecule has 3 nitrogen and oxygen atoms in total. The van der Waals surface area contributed by atoms with Crippen LogP contribution < -0.4 is 0 Å². The average Bonchev–Trinajstić information content (AvgIpc) is 3.00. The van der Waals surface area contributed by atoms with Crippen LogP contribution in [0.4, 0.5) is 0 Å². The van der Waals surface area contributed by atoms with Crippen molar-refractivity contribution in [1.82, 2.24) is 14.8 Å². The first-order valence-electron chi connectivity index (χ1n) is 8.80. The zero-order chi connectivity index (χ0) is 18.6. The van der Waals surface area contributed by atoms with Gasteiger partial charge < -0.3 is 4.57 Å². The molecule has 1 aromatic heterocycles. The third-order valence-electron chi connectivity index (χ3n) is 4.26. The summed E-state index contributed by atoms with van der Waals surface area (Å²) < 4.78 is 2.06. The number of nitrogens with zero attached hydrogens (tertiary/aromatic N) is 3. The zero-order valence-electron chi connectivity index (χ0n) is 15.8. The molecular weight excluding hydrogens is 338 g/mol. The zero-order valence-corrected chi connectivity index (χ0v) is 16.6. The maximum absolute atomic E-state index is 4.38. The van der Waals surface area contributed by atoms with Crippen LogP contribution in [0.2, 0.25) is 0 Å². The summed E-state index contributed by atoms with van der Waals surface area (Å²) in [7, 11) is 2.02. The lowest BCUT2D eigenvalue weighted by Crippen LogP contribution is -2.10. The molecule has 134 valence electrons. The average molecular weight is 364 g/mol. The molecule has 0 saturated heterocycles. The lowest BCUT2D eigenvalue weighted by Gasteiger charge is -2.19. The van der Waals surface area contributed by atoms with Crippen LogP contribution in [0.3, 0.4) is 0 Å². The molecule has 0 fully saturated rings. The highest BCUT2D eigenvalue weighted by Crippen LogP contribution is 2.27. The van der Waals surface area contributed by atoms with Crippen LogP contribution in [0, 0.1) is 0 Å². The van der Waals surface area contributed by atoms with Gasteiger partial charge in [-0.2, -0.15) is 0 Å². The molecule has 0 spiro atoms. The molecule has 3 aromatic rings. The van der Waals surface area contributed by atoms with Crippen LogP contribution in [0.25, 0.3) is 17.5 Å². The van der Waals surface area contributed by atoms with E-state index in [0.29, 0.717) is 0 Å². The number of rotatable bonds is 5. The van der Waals surface area contributed by atoms with Gasteiger partial charge in [-0.15, -0.1) is 10.2 Å². The minimum atomic E-state index is 0.157. The minimum absolute atomic E-state index is 0.157. The quantitative estimate of drug-likeness (QED) is 0.554. The molecule has 0 aliphatic heterocycles. The smallest absolute Gasteiger partial charge is 0.191 e. The summed E-state index contributed by atoms with van der Waals surface area (Å²) >= 11 is 1.69. The molecule has 0 saturated carbocycles. The first kappa shape index (κ1) is 18.5. The lowest BCUT2D eigenvalue weighted by atomic mass is 9.87. The highest BCUT2D eigenvalue weighted by Gasteiger charge is 2.15. The molecule has 3 rings (SSSR count). The van der Waals surface area contributed by atoms with Gasteiger partial charge in [-0.05, 0) is 16.5 Å². The molecule has 4 heteroatoms. The number of hydrogen-bond acceptors (Lipinski definition) is 3. The predicted octanol–water partition coefficient (Wildman–Crippen LogP) is 5.59.